The Hall–Kier alpha value is -7.62. The maximum absolute atomic E-state index is 2.51. The normalized spacial score (nSPS) is 12.2. The highest BCUT2D eigenvalue weighted by atomic mass is 15.2. The Morgan fingerprint density at radius 1 is 0.263 bits per heavy atom. The molecular formula is C54H35N3. The van der Waals surface area contributed by atoms with Crippen LogP contribution in [0.4, 0.5) is 17.1 Å². The number of nitrogens with zero attached hydrogens (tertiary/aromatic N) is 3. The van der Waals surface area contributed by atoms with Crippen molar-refractivity contribution in [1.29, 1.82) is 0 Å². The average molecular weight is 726 g/mol. The minimum absolute atomic E-state index is 1.10. The van der Waals surface area contributed by atoms with Crippen LogP contribution in [0.2, 0.25) is 0 Å². The SMILES string of the molecule is c1ccc(-c2ccc3c(c2)-c2ccccc2-c2cccc4c5cc(-n6c7ccccc7c7ccccc76)ccc5n(c24)-c2ccccc2N3c2ccccc2)cc1. The molecule has 266 valence electrons. The molecule has 0 saturated carbocycles. The first-order valence-corrected chi connectivity index (χ1v) is 19.6. The van der Waals surface area contributed by atoms with Crippen molar-refractivity contribution >= 4 is 60.7 Å². The molecule has 3 heteroatoms. The second-order valence-corrected chi connectivity index (χ2v) is 14.9. The molecule has 2 aromatic heterocycles. The van der Waals surface area contributed by atoms with Crippen molar-refractivity contribution in [2.75, 3.05) is 4.90 Å². The lowest BCUT2D eigenvalue weighted by molar-refractivity contribution is 1.14. The molecule has 0 amide bonds. The van der Waals surface area contributed by atoms with E-state index in [1.807, 2.05) is 0 Å². The molecule has 12 rings (SSSR count). The van der Waals surface area contributed by atoms with Crippen molar-refractivity contribution in [2.24, 2.45) is 0 Å². The Morgan fingerprint density at radius 3 is 1.60 bits per heavy atom. The molecule has 9 aromatic carbocycles. The number of aromatic nitrogens is 2. The van der Waals surface area contributed by atoms with Crippen LogP contribution in [0, 0.1) is 0 Å². The maximum atomic E-state index is 2.51. The molecule has 57 heavy (non-hydrogen) atoms. The van der Waals surface area contributed by atoms with E-state index < -0.39 is 0 Å². The fraction of sp³-hybridized carbons (Fsp3) is 0. The molecule has 3 heterocycles. The molecule has 1 aliphatic heterocycles. The lowest BCUT2D eigenvalue weighted by Crippen LogP contribution is -2.15. The third-order valence-corrected chi connectivity index (χ3v) is 11.8. The van der Waals surface area contributed by atoms with Crippen LogP contribution in [0.25, 0.3) is 88.4 Å². The van der Waals surface area contributed by atoms with Crippen molar-refractivity contribution in [3.63, 3.8) is 0 Å². The molecule has 1 aliphatic rings. The number of anilines is 3. The molecule has 0 fully saturated rings. The minimum atomic E-state index is 1.10. The zero-order valence-corrected chi connectivity index (χ0v) is 31.0. The first-order chi connectivity index (χ1) is 28.3. The van der Waals surface area contributed by atoms with E-state index in [0.717, 1.165) is 28.4 Å². The number of hydrogen-bond acceptors (Lipinski definition) is 1. The second kappa shape index (κ2) is 12.5. The van der Waals surface area contributed by atoms with Gasteiger partial charge in [-0.25, -0.2) is 0 Å². The first-order valence-electron chi connectivity index (χ1n) is 19.6. The summed E-state index contributed by atoms with van der Waals surface area (Å²) >= 11 is 0. The Kier molecular flexibility index (Phi) is 6.93. The van der Waals surface area contributed by atoms with E-state index >= 15 is 0 Å². The Labute approximate surface area is 330 Å². The molecule has 3 nitrogen and oxygen atoms in total. The zero-order chi connectivity index (χ0) is 37.5. The number of benzene rings is 9. The van der Waals surface area contributed by atoms with Crippen molar-refractivity contribution in [1.82, 2.24) is 9.13 Å². The largest absolute Gasteiger partial charge is 0.309 e. The number of rotatable bonds is 3. The third kappa shape index (κ3) is 4.73. The summed E-state index contributed by atoms with van der Waals surface area (Å²) in [6, 6.07) is 77.8. The van der Waals surface area contributed by atoms with Gasteiger partial charge in [-0.05, 0) is 89.0 Å². The van der Waals surface area contributed by atoms with Crippen molar-refractivity contribution in [2.45, 2.75) is 0 Å². The number of fused-ring (bicyclic) bond motifs is 12. The van der Waals surface area contributed by atoms with Gasteiger partial charge in [0.05, 0.1) is 39.1 Å². The van der Waals surface area contributed by atoms with Crippen LogP contribution in [-0.4, -0.2) is 9.13 Å². The molecule has 0 aliphatic carbocycles. The predicted molar refractivity (Wildman–Crippen MR) is 240 cm³/mol. The van der Waals surface area contributed by atoms with E-state index in [0.29, 0.717) is 0 Å². The van der Waals surface area contributed by atoms with Crippen LogP contribution in [0.5, 0.6) is 0 Å². The van der Waals surface area contributed by atoms with E-state index in [2.05, 4.69) is 226 Å². The lowest BCUT2D eigenvalue weighted by atomic mass is 9.89. The molecule has 11 aromatic rings. The van der Waals surface area contributed by atoms with Gasteiger partial charge in [-0.3, -0.25) is 0 Å². The van der Waals surface area contributed by atoms with E-state index in [9.17, 15) is 0 Å². The van der Waals surface area contributed by atoms with Crippen LogP contribution < -0.4 is 4.90 Å². The maximum Gasteiger partial charge on any atom is 0.0703 e. The van der Waals surface area contributed by atoms with E-state index in [1.165, 1.54) is 77.0 Å². The third-order valence-electron chi connectivity index (χ3n) is 11.8. The highest BCUT2D eigenvalue weighted by Crippen LogP contribution is 2.50. The molecule has 0 saturated heterocycles. The van der Waals surface area contributed by atoms with Gasteiger partial charge in [0, 0.05) is 44.0 Å². The fourth-order valence-electron chi connectivity index (χ4n) is 9.40. The molecule has 0 radical (unpaired) electrons. The highest BCUT2D eigenvalue weighted by Gasteiger charge is 2.27. The van der Waals surface area contributed by atoms with Gasteiger partial charge in [-0.1, -0.05) is 146 Å². The molecule has 0 spiro atoms. The molecule has 0 bridgehead atoms. The summed E-state index contributed by atoms with van der Waals surface area (Å²) in [4.78, 5) is 2.45. The topological polar surface area (TPSA) is 13.1 Å². The highest BCUT2D eigenvalue weighted by molar-refractivity contribution is 6.17. The smallest absolute Gasteiger partial charge is 0.0703 e. The van der Waals surface area contributed by atoms with Gasteiger partial charge in [0.15, 0.2) is 0 Å². The summed E-state index contributed by atoms with van der Waals surface area (Å²) in [5, 5.41) is 4.96. The lowest BCUT2D eigenvalue weighted by Gasteiger charge is -2.32. The van der Waals surface area contributed by atoms with E-state index in [4.69, 9.17) is 0 Å². The van der Waals surface area contributed by atoms with Crippen molar-refractivity contribution in [3.05, 3.63) is 212 Å². The fourth-order valence-corrected chi connectivity index (χ4v) is 9.40. The number of hydrogen-bond donors (Lipinski definition) is 0. The van der Waals surface area contributed by atoms with Crippen molar-refractivity contribution in [3.8, 4) is 44.8 Å². The van der Waals surface area contributed by atoms with Gasteiger partial charge in [0.2, 0.25) is 0 Å². The van der Waals surface area contributed by atoms with Crippen LogP contribution in [0.3, 0.4) is 0 Å². The predicted octanol–water partition coefficient (Wildman–Crippen LogP) is 14.7. The first kappa shape index (κ1) is 31.7. The average Bonchev–Trinajstić information content (AvgIpc) is 3.80. The second-order valence-electron chi connectivity index (χ2n) is 14.9. The Morgan fingerprint density at radius 2 is 0.842 bits per heavy atom. The monoisotopic (exact) mass is 725 g/mol. The summed E-state index contributed by atoms with van der Waals surface area (Å²) < 4.78 is 4.94. The molecule has 0 N–H and O–H groups in total. The van der Waals surface area contributed by atoms with Crippen LogP contribution in [0.1, 0.15) is 0 Å². The summed E-state index contributed by atoms with van der Waals surface area (Å²) in [7, 11) is 0. The summed E-state index contributed by atoms with van der Waals surface area (Å²) in [5.41, 5.74) is 17.6. The van der Waals surface area contributed by atoms with Crippen LogP contribution in [-0.2, 0) is 0 Å². The van der Waals surface area contributed by atoms with E-state index in [-0.39, 0.29) is 0 Å². The minimum Gasteiger partial charge on any atom is -0.309 e. The van der Waals surface area contributed by atoms with E-state index in [1.54, 1.807) is 0 Å². The number of para-hydroxylation sites is 6. The molecular weight excluding hydrogens is 691 g/mol. The van der Waals surface area contributed by atoms with Gasteiger partial charge >= 0.3 is 0 Å². The van der Waals surface area contributed by atoms with Gasteiger partial charge < -0.3 is 14.0 Å². The van der Waals surface area contributed by atoms with Crippen LogP contribution >= 0.6 is 0 Å². The zero-order valence-electron chi connectivity index (χ0n) is 31.0. The standard InChI is InChI=1S/C54H35N3/c1-3-16-36(17-4-1)37-30-32-50-46(34-37)41-21-8-7-20-40(41)44-24-15-25-45-47-35-39(56-48-26-11-9-22-42(48)43-23-10-12-27-49(43)56)31-33-51(47)57(54(44)45)53-29-14-13-28-52(53)55(50)38-18-5-2-6-19-38/h1-35H. The van der Waals surface area contributed by atoms with Crippen LogP contribution in [0.15, 0.2) is 212 Å². The molecule has 0 atom stereocenters. The Balaban J connectivity index is 1.22. The Bertz CT molecular complexity index is 3300. The van der Waals surface area contributed by atoms with Gasteiger partial charge in [0.1, 0.15) is 0 Å². The van der Waals surface area contributed by atoms with Gasteiger partial charge in [-0.15, -0.1) is 0 Å². The summed E-state index contributed by atoms with van der Waals surface area (Å²) in [6.45, 7) is 0. The summed E-state index contributed by atoms with van der Waals surface area (Å²) in [5.74, 6) is 0. The van der Waals surface area contributed by atoms with Gasteiger partial charge in [-0.2, -0.15) is 0 Å². The molecule has 0 unspecified atom stereocenters. The van der Waals surface area contributed by atoms with Gasteiger partial charge in [0.25, 0.3) is 0 Å². The summed E-state index contributed by atoms with van der Waals surface area (Å²) in [6.07, 6.45) is 0. The quantitative estimate of drug-likeness (QED) is 0.177. The van der Waals surface area contributed by atoms with Crippen molar-refractivity contribution < 1.29 is 0 Å².